The number of hydrogen-bond donors (Lipinski definition) is 0. The van der Waals surface area contributed by atoms with Gasteiger partial charge < -0.3 is 9.80 Å². The van der Waals surface area contributed by atoms with Crippen LogP contribution >= 0.6 is 0 Å². The lowest BCUT2D eigenvalue weighted by Crippen LogP contribution is -2.36. The topological polar surface area (TPSA) is 53.5 Å². The number of carbonyl (C=O) groups excluding carboxylic acids is 2. The highest BCUT2D eigenvalue weighted by atomic mass is 16.2. The molecule has 0 radical (unpaired) electrons. The summed E-state index contributed by atoms with van der Waals surface area (Å²) in [5.41, 5.74) is 3.63. The second-order valence-corrected chi connectivity index (χ2v) is 7.86. The number of terminal acetylenes is 1. The third-order valence-corrected chi connectivity index (χ3v) is 5.94. The van der Waals surface area contributed by atoms with Crippen LogP contribution < -0.4 is 0 Å². The van der Waals surface area contributed by atoms with E-state index >= 15 is 0 Å². The van der Waals surface area contributed by atoms with E-state index in [4.69, 9.17) is 6.42 Å². The summed E-state index contributed by atoms with van der Waals surface area (Å²) in [6.07, 6.45) is 10.9. The molecule has 0 bridgehead atoms. The van der Waals surface area contributed by atoms with Gasteiger partial charge in [-0.05, 0) is 42.7 Å². The molecule has 3 aliphatic rings. The monoisotopic (exact) mass is 349 g/mol. The zero-order valence-electron chi connectivity index (χ0n) is 15.3. The lowest BCUT2D eigenvalue weighted by molar-refractivity contribution is -0.114. The minimum absolute atomic E-state index is 0.0322. The first-order chi connectivity index (χ1) is 12.4. The Kier molecular flexibility index (Phi) is 3.87. The molecule has 134 valence electrons. The maximum atomic E-state index is 12.6. The molecule has 1 aliphatic heterocycles. The van der Waals surface area contributed by atoms with Crippen LogP contribution in [0.4, 0.5) is 0 Å². The van der Waals surface area contributed by atoms with E-state index in [-0.39, 0.29) is 18.1 Å². The number of aromatic nitrogens is 1. The lowest BCUT2D eigenvalue weighted by atomic mass is 9.88. The van der Waals surface area contributed by atoms with Gasteiger partial charge in [-0.25, -0.2) is 4.98 Å². The summed E-state index contributed by atoms with van der Waals surface area (Å²) >= 11 is 0. The van der Waals surface area contributed by atoms with Gasteiger partial charge in [0.15, 0.2) is 5.78 Å². The Morgan fingerprint density at radius 3 is 2.50 bits per heavy atom. The van der Waals surface area contributed by atoms with E-state index < -0.39 is 0 Å². The van der Waals surface area contributed by atoms with Gasteiger partial charge in [0.1, 0.15) is 5.69 Å². The number of fused-ring (bicyclic) bond motifs is 1. The number of Topliss-reactive ketones (excluding diaryl/α,β-unsaturated/α-hetero) is 1. The molecule has 1 aromatic rings. The Hall–Kier alpha value is -2.61. The summed E-state index contributed by atoms with van der Waals surface area (Å²) in [6, 6.07) is 3.54. The van der Waals surface area contributed by atoms with E-state index in [1.54, 1.807) is 20.2 Å². The first-order valence-electron chi connectivity index (χ1n) is 9.15. The number of pyridine rings is 1. The van der Waals surface area contributed by atoms with Gasteiger partial charge in [0.2, 0.25) is 0 Å². The Balaban J connectivity index is 1.77. The molecular formula is C21H23N3O2. The van der Waals surface area contributed by atoms with Crippen LogP contribution in [0.25, 0.3) is 5.70 Å². The van der Waals surface area contributed by atoms with Gasteiger partial charge in [0.25, 0.3) is 5.91 Å². The Morgan fingerprint density at radius 2 is 1.92 bits per heavy atom. The van der Waals surface area contributed by atoms with Crippen LogP contribution in [-0.4, -0.2) is 53.7 Å². The van der Waals surface area contributed by atoms with Crippen molar-refractivity contribution in [3.63, 3.8) is 0 Å². The highest BCUT2D eigenvalue weighted by Gasteiger charge is 2.45. The molecule has 5 heteroatoms. The summed E-state index contributed by atoms with van der Waals surface area (Å²) < 4.78 is 0. The highest BCUT2D eigenvalue weighted by Crippen LogP contribution is 2.54. The van der Waals surface area contributed by atoms with Crippen molar-refractivity contribution in [3.05, 3.63) is 34.7 Å². The van der Waals surface area contributed by atoms with E-state index in [1.165, 1.54) is 17.7 Å². The van der Waals surface area contributed by atoms with Gasteiger partial charge in [-0.1, -0.05) is 12.0 Å². The SMILES string of the molecule is C#CC1=C(N2CCC3(CC2)CC3)c2nc(C(=O)N(C)C)ccc2CC1=O. The average Bonchev–Trinajstić information content (AvgIpc) is 3.39. The smallest absolute Gasteiger partial charge is 0.271 e. The van der Waals surface area contributed by atoms with Crippen molar-refractivity contribution < 1.29 is 9.59 Å². The predicted octanol–water partition coefficient (Wildman–Crippen LogP) is 2.13. The molecule has 4 rings (SSSR count). The van der Waals surface area contributed by atoms with Crippen LogP contribution in [0.2, 0.25) is 0 Å². The predicted molar refractivity (Wildman–Crippen MR) is 99.2 cm³/mol. The van der Waals surface area contributed by atoms with Crippen LogP contribution in [0, 0.1) is 17.8 Å². The van der Waals surface area contributed by atoms with Crippen molar-refractivity contribution in [1.29, 1.82) is 0 Å². The zero-order chi connectivity index (χ0) is 18.5. The van der Waals surface area contributed by atoms with Crippen molar-refractivity contribution in [3.8, 4) is 12.3 Å². The first-order valence-corrected chi connectivity index (χ1v) is 9.15. The molecule has 0 N–H and O–H groups in total. The summed E-state index contributed by atoms with van der Waals surface area (Å²) in [5.74, 6) is 2.42. The van der Waals surface area contributed by atoms with Crippen LogP contribution in [0.3, 0.4) is 0 Å². The Labute approximate surface area is 154 Å². The molecule has 1 saturated carbocycles. The van der Waals surface area contributed by atoms with E-state index in [0.717, 1.165) is 37.2 Å². The van der Waals surface area contributed by atoms with Crippen molar-refractivity contribution in [2.24, 2.45) is 5.41 Å². The number of nitrogens with zero attached hydrogens (tertiary/aromatic N) is 3. The number of rotatable bonds is 2. The minimum atomic E-state index is -0.151. The van der Waals surface area contributed by atoms with E-state index in [2.05, 4.69) is 15.8 Å². The molecular weight excluding hydrogens is 326 g/mol. The molecule has 5 nitrogen and oxygen atoms in total. The van der Waals surface area contributed by atoms with Crippen molar-refractivity contribution in [2.45, 2.75) is 32.1 Å². The summed E-state index contributed by atoms with van der Waals surface area (Å²) in [7, 11) is 3.41. The summed E-state index contributed by atoms with van der Waals surface area (Å²) in [4.78, 5) is 33.3. The number of carbonyl (C=O) groups is 2. The second kappa shape index (κ2) is 5.98. The second-order valence-electron chi connectivity index (χ2n) is 7.86. The number of hydrogen-bond acceptors (Lipinski definition) is 4. The van der Waals surface area contributed by atoms with Crippen molar-refractivity contribution in [2.75, 3.05) is 27.2 Å². The molecule has 2 aliphatic carbocycles. The number of likely N-dealkylation sites (tertiary alicyclic amines) is 1. The van der Waals surface area contributed by atoms with Gasteiger partial charge in [-0.15, -0.1) is 6.42 Å². The fourth-order valence-corrected chi connectivity index (χ4v) is 4.03. The molecule has 0 aromatic carbocycles. The van der Waals surface area contributed by atoms with Crippen LogP contribution in [0.1, 0.15) is 47.4 Å². The van der Waals surface area contributed by atoms with Crippen molar-refractivity contribution in [1.82, 2.24) is 14.8 Å². The quantitative estimate of drug-likeness (QED) is 0.768. The molecule has 2 heterocycles. The molecule has 0 unspecified atom stereocenters. The van der Waals surface area contributed by atoms with Gasteiger partial charge in [-0.3, -0.25) is 9.59 Å². The first kappa shape index (κ1) is 16.8. The molecule has 1 aromatic heterocycles. The van der Waals surface area contributed by atoms with Gasteiger partial charge in [0, 0.05) is 33.6 Å². The van der Waals surface area contributed by atoms with Gasteiger partial charge >= 0.3 is 0 Å². The third-order valence-electron chi connectivity index (χ3n) is 5.94. The lowest BCUT2D eigenvalue weighted by Gasteiger charge is -2.37. The number of ketones is 1. The third kappa shape index (κ3) is 2.70. The van der Waals surface area contributed by atoms with Crippen molar-refractivity contribution >= 4 is 17.4 Å². The Bertz CT molecular complexity index is 862. The summed E-state index contributed by atoms with van der Waals surface area (Å²) in [5, 5.41) is 0. The highest BCUT2D eigenvalue weighted by molar-refractivity contribution is 6.10. The number of allylic oxidation sites excluding steroid dienone is 1. The van der Waals surface area contributed by atoms with Crippen LogP contribution in [0.15, 0.2) is 17.7 Å². The minimum Gasteiger partial charge on any atom is -0.369 e. The molecule has 1 saturated heterocycles. The molecule has 26 heavy (non-hydrogen) atoms. The maximum absolute atomic E-state index is 12.6. The zero-order valence-corrected chi connectivity index (χ0v) is 15.3. The standard InChI is InChI=1S/C21H23N3O2/c1-4-15-17(25)13-14-5-6-16(20(26)23(2)3)22-18(14)19(15)24-11-9-21(7-8-21)10-12-24/h1,5-6H,7-13H2,2-3H3. The van der Waals surface area contributed by atoms with E-state index in [0.29, 0.717) is 22.4 Å². The largest absolute Gasteiger partial charge is 0.369 e. The fourth-order valence-electron chi connectivity index (χ4n) is 4.03. The molecule has 0 atom stereocenters. The Morgan fingerprint density at radius 1 is 1.23 bits per heavy atom. The summed E-state index contributed by atoms with van der Waals surface area (Å²) in [6.45, 7) is 1.78. The number of piperidine rings is 1. The molecule has 1 spiro atoms. The molecule has 2 fully saturated rings. The van der Waals surface area contributed by atoms with E-state index in [1.807, 2.05) is 6.07 Å². The van der Waals surface area contributed by atoms with Gasteiger partial charge in [-0.2, -0.15) is 0 Å². The average molecular weight is 349 g/mol. The maximum Gasteiger partial charge on any atom is 0.271 e. The van der Waals surface area contributed by atoms with Gasteiger partial charge in [0.05, 0.1) is 17.0 Å². The number of amides is 1. The van der Waals surface area contributed by atoms with E-state index in [9.17, 15) is 9.59 Å². The normalized spacial score (nSPS) is 20.7. The van der Waals surface area contributed by atoms with Crippen LogP contribution in [0.5, 0.6) is 0 Å². The fraction of sp³-hybridized carbons (Fsp3) is 0.476. The molecule has 1 amide bonds. The van der Waals surface area contributed by atoms with Crippen LogP contribution in [-0.2, 0) is 11.2 Å².